The van der Waals surface area contributed by atoms with Gasteiger partial charge in [0.1, 0.15) is 0 Å². The molecule has 6 heteroatoms. The van der Waals surface area contributed by atoms with Crippen molar-refractivity contribution in [3.05, 3.63) is 16.1 Å². The van der Waals surface area contributed by atoms with Crippen molar-refractivity contribution < 1.29 is 0 Å². The van der Waals surface area contributed by atoms with Gasteiger partial charge in [0.05, 0.1) is 17.2 Å². The highest BCUT2D eigenvalue weighted by Crippen LogP contribution is 2.37. The number of aromatic nitrogens is 1. The highest BCUT2D eigenvalue weighted by molar-refractivity contribution is 8.00. The van der Waals surface area contributed by atoms with E-state index in [1.807, 2.05) is 6.92 Å². The van der Waals surface area contributed by atoms with Crippen LogP contribution >= 0.6 is 23.1 Å². The van der Waals surface area contributed by atoms with Gasteiger partial charge in [0.15, 0.2) is 5.96 Å². The topological polar surface area (TPSA) is 49.3 Å². The van der Waals surface area contributed by atoms with Crippen molar-refractivity contribution in [2.75, 3.05) is 25.4 Å². The largest absolute Gasteiger partial charge is 0.357 e. The number of nitrogens with one attached hydrogen (secondary N) is 2. The Kier molecular flexibility index (Phi) is 6.36. The van der Waals surface area contributed by atoms with Gasteiger partial charge >= 0.3 is 0 Å². The van der Waals surface area contributed by atoms with Crippen LogP contribution in [0.5, 0.6) is 0 Å². The zero-order valence-corrected chi connectivity index (χ0v) is 14.9. The number of thiazole rings is 1. The molecule has 1 atom stereocenters. The van der Waals surface area contributed by atoms with Crippen LogP contribution in [-0.4, -0.2) is 41.1 Å². The Bertz CT molecular complexity index is 464. The number of rotatable bonds is 6. The monoisotopic (exact) mass is 326 g/mol. The summed E-state index contributed by atoms with van der Waals surface area (Å²) in [7, 11) is 0. The third-order valence-corrected chi connectivity index (χ3v) is 5.90. The minimum atomic E-state index is 0.328. The Labute approximate surface area is 136 Å². The van der Waals surface area contributed by atoms with Crippen molar-refractivity contribution in [3.63, 3.8) is 0 Å². The van der Waals surface area contributed by atoms with E-state index in [-0.39, 0.29) is 0 Å². The van der Waals surface area contributed by atoms with E-state index >= 15 is 0 Å². The first-order chi connectivity index (χ1) is 10.1. The summed E-state index contributed by atoms with van der Waals surface area (Å²) in [6.07, 6.45) is 3.54. The predicted molar refractivity (Wildman–Crippen MR) is 94.6 cm³/mol. The molecular formula is C15H26N4S2. The lowest BCUT2D eigenvalue weighted by Crippen LogP contribution is -2.39. The second kappa shape index (κ2) is 8.03. The lowest BCUT2D eigenvalue weighted by molar-refractivity contribution is 0.614. The smallest absolute Gasteiger partial charge is 0.191 e. The van der Waals surface area contributed by atoms with E-state index in [0.29, 0.717) is 4.75 Å². The van der Waals surface area contributed by atoms with Gasteiger partial charge in [-0.3, -0.25) is 4.99 Å². The van der Waals surface area contributed by atoms with Crippen molar-refractivity contribution in [2.24, 2.45) is 4.99 Å². The molecule has 1 aliphatic rings. The second-order valence-corrected chi connectivity index (χ2v) is 8.38. The Hall–Kier alpha value is -0.750. The molecule has 2 rings (SSSR count). The maximum atomic E-state index is 4.76. The van der Waals surface area contributed by atoms with Gasteiger partial charge in [-0.15, -0.1) is 11.3 Å². The van der Waals surface area contributed by atoms with Gasteiger partial charge in [-0.1, -0.05) is 0 Å². The van der Waals surface area contributed by atoms with Gasteiger partial charge in [-0.05, 0) is 39.4 Å². The van der Waals surface area contributed by atoms with Crippen molar-refractivity contribution in [3.8, 4) is 0 Å². The zero-order valence-electron chi connectivity index (χ0n) is 13.2. The number of hydrogen-bond donors (Lipinski definition) is 2. The molecule has 0 amide bonds. The van der Waals surface area contributed by atoms with E-state index in [9.17, 15) is 0 Å². The summed E-state index contributed by atoms with van der Waals surface area (Å²) in [5, 5.41) is 10.0. The lowest BCUT2D eigenvalue weighted by Gasteiger charge is -2.21. The molecule has 0 radical (unpaired) electrons. The fraction of sp³-hybridized carbons (Fsp3) is 0.733. The van der Waals surface area contributed by atoms with Crippen LogP contribution in [0.3, 0.4) is 0 Å². The van der Waals surface area contributed by atoms with Gasteiger partial charge in [0, 0.05) is 29.6 Å². The third-order valence-electron chi connectivity index (χ3n) is 3.56. The first-order valence-electron chi connectivity index (χ1n) is 7.68. The Morgan fingerprint density at radius 3 is 2.95 bits per heavy atom. The Morgan fingerprint density at radius 2 is 2.33 bits per heavy atom. The van der Waals surface area contributed by atoms with Gasteiger partial charge in [0.25, 0.3) is 0 Å². The first-order valence-corrected chi connectivity index (χ1v) is 9.55. The van der Waals surface area contributed by atoms with E-state index in [0.717, 1.165) is 37.0 Å². The SMILES string of the molecule is CCNC(=NCC1(C)CCCS1)NCCc1csc(C)n1. The quantitative estimate of drug-likeness (QED) is 0.623. The molecule has 1 aromatic heterocycles. The van der Waals surface area contributed by atoms with Crippen molar-refractivity contribution in [1.82, 2.24) is 15.6 Å². The maximum Gasteiger partial charge on any atom is 0.191 e. The molecule has 0 aliphatic carbocycles. The van der Waals surface area contributed by atoms with Crippen LogP contribution in [0.15, 0.2) is 10.4 Å². The van der Waals surface area contributed by atoms with Crippen LogP contribution in [0.2, 0.25) is 0 Å². The summed E-state index contributed by atoms with van der Waals surface area (Å²) >= 11 is 3.77. The van der Waals surface area contributed by atoms with Crippen LogP contribution in [-0.2, 0) is 6.42 Å². The average Bonchev–Trinajstić information content (AvgIpc) is 3.06. The standard InChI is InChI=1S/C15H26N4S2/c1-4-16-14(18-11-15(3)7-5-9-21-15)17-8-6-13-10-20-12(2)19-13/h10H,4-9,11H2,1-3H3,(H2,16,17,18). The van der Waals surface area contributed by atoms with Crippen molar-refractivity contribution in [2.45, 2.75) is 44.8 Å². The molecule has 0 aromatic carbocycles. The minimum absolute atomic E-state index is 0.328. The number of aliphatic imine (C=N–C) groups is 1. The Morgan fingerprint density at radius 1 is 1.48 bits per heavy atom. The highest BCUT2D eigenvalue weighted by Gasteiger charge is 2.29. The van der Waals surface area contributed by atoms with E-state index < -0.39 is 0 Å². The summed E-state index contributed by atoms with van der Waals surface area (Å²) in [4.78, 5) is 9.25. The minimum Gasteiger partial charge on any atom is -0.357 e. The summed E-state index contributed by atoms with van der Waals surface area (Å²) < 4.78 is 0.328. The number of hydrogen-bond acceptors (Lipinski definition) is 4. The molecule has 0 bridgehead atoms. The van der Waals surface area contributed by atoms with Gasteiger partial charge < -0.3 is 10.6 Å². The van der Waals surface area contributed by atoms with E-state index in [1.54, 1.807) is 11.3 Å². The van der Waals surface area contributed by atoms with Crippen LogP contribution in [0.25, 0.3) is 0 Å². The van der Waals surface area contributed by atoms with Crippen LogP contribution in [0.4, 0.5) is 0 Å². The molecule has 4 nitrogen and oxygen atoms in total. The molecule has 2 heterocycles. The second-order valence-electron chi connectivity index (χ2n) is 5.63. The number of nitrogens with zero attached hydrogens (tertiary/aromatic N) is 2. The fourth-order valence-corrected chi connectivity index (χ4v) is 4.25. The molecule has 1 fully saturated rings. The molecule has 0 saturated carbocycles. The summed E-state index contributed by atoms with van der Waals surface area (Å²) in [5.74, 6) is 2.21. The molecule has 1 unspecified atom stereocenters. The van der Waals surface area contributed by atoms with Crippen molar-refractivity contribution in [1.29, 1.82) is 0 Å². The molecule has 1 aliphatic heterocycles. The Balaban J connectivity index is 1.80. The molecule has 0 spiro atoms. The van der Waals surface area contributed by atoms with Crippen LogP contribution < -0.4 is 10.6 Å². The molecular weight excluding hydrogens is 300 g/mol. The van der Waals surface area contributed by atoms with Crippen LogP contribution in [0.1, 0.15) is 37.4 Å². The number of aryl methyl sites for hydroxylation is 1. The lowest BCUT2D eigenvalue weighted by atomic mass is 10.1. The molecule has 1 saturated heterocycles. The van der Waals surface area contributed by atoms with E-state index in [1.165, 1.54) is 24.3 Å². The number of thioether (sulfide) groups is 1. The molecule has 2 N–H and O–H groups in total. The van der Waals surface area contributed by atoms with E-state index in [2.05, 4.69) is 46.6 Å². The maximum absolute atomic E-state index is 4.76. The van der Waals surface area contributed by atoms with Crippen LogP contribution in [0, 0.1) is 6.92 Å². The third kappa shape index (κ3) is 5.51. The van der Waals surface area contributed by atoms with Gasteiger partial charge in [-0.25, -0.2) is 4.98 Å². The van der Waals surface area contributed by atoms with Crippen molar-refractivity contribution >= 4 is 29.1 Å². The number of guanidine groups is 1. The fourth-order valence-electron chi connectivity index (χ4n) is 2.38. The summed E-state index contributed by atoms with van der Waals surface area (Å²) in [6, 6.07) is 0. The summed E-state index contributed by atoms with van der Waals surface area (Å²) in [5.41, 5.74) is 1.17. The molecule has 118 valence electrons. The average molecular weight is 327 g/mol. The summed E-state index contributed by atoms with van der Waals surface area (Å²) in [6.45, 7) is 9.14. The first kappa shape index (κ1) is 16.6. The van der Waals surface area contributed by atoms with E-state index in [4.69, 9.17) is 4.99 Å². The molecule has 1 aromatic rings. The molecule has 21 heavy (non-hydrogen) atoms. The normalized spacial score (nSPS) is 22.5. The predicted octanol–water partition coefficient (Wildman–Crippen LogP) is 2.83. The van der Waals surface area contributed by atoms with Gasteiger partial charge in [0.2, 0.25) is 0 Å². The zero-order chi connectivity index (χ0) is 15.1. The van der Waals surface area contributed by atoms with Gasteiger partial charge in [-0.2, -0.15) is 11.8 Å². The highest BCUT2D eigenvalue weighted by atomic mass is 32.2.